The van der Waals surface area contributed by atoms with E-state index in [4.69, 9.17) is 5.11 Å². The van der Waals surface area contributed by atoms with Gasteiger partial charge < -0.3 is 5.11 Å². The van der Waals surface area contributed by atoms with Crippen LogP contribution in [0.15, 0.2) is 11.6 Å². The van der Waals surface area contributed by atoms with Gasteiger partial charge in [-0.1, -0.05) is 25.8 Å². The molecule has 3 heteroatoms. The molecule has 0 aromatic carbocycles. The molecule has 0 rings (SSSR count). The maximum atomic E-state index is 10.4. The Morgan fingerprint density at radius 2 is 2.15 bits per heavy atom. The molecule has 0 aromatic rings. The SMILES string of the molecule is CCCCCSC/C=C(/C)C(=O)O. The van der Waals surface area contributed by atoms with Crippen molar-refractivity contribution in [2.24, 2.45) is 0 Å². The van der Waals surface area contributed by atoms with Crippen LogP contribution in [0.3, 0.4) is 0 Å². The first kappa shape index (κ1) is 12.6. The summed E-state index contributed by atoms with van der Waals surface area (Å²) in [6, 6.07) is 0. The summed E-state index contributed by atoms with van der Waals surface area (Å²) in [5, 5.41) is 8.55. The molecule has 0 aromatic heterocycles. The second-order valence-electron chi connectivity index (χ2n) is 2.97. The highest BCUT2D eigenvalue weighted by atomic mass is 32.2. The van der Waals surface area contributed by atoms with Gasteiger partial charge in [-0.2, -0.15) is 11.8 Å². The molecule has 13 heavy (non-hydrogen) atoms. The van der Waals surface area contributed by atoms with Gasteiger partial charge in [-0.25, -0.2) is 4.79 Å². The highest BCUT2D eigenvalue weighted by Crippen LogP contribution is 2.07. The molecule has 0 unspecified atom stereocenters. The zero-order valence-electron chi connectivity index (χ0n) is 8.38. The molecule has 0 bridgehead atoms. The smallest absolute Gasteiger partial charge is 0.330 e. The highest BCUT2D eigenvalue weighted by molar-refractivity contribution is 7.99. The summed E-state index contributed by atoms with van der Waals surface area (Å²) in [7, 11) is 0. The number of unbranched alkanes of at least 4 members (excludes halogenated alkanes) is 2. The molecule has 0 atom stereocenters. The van der Waals surface area contributed by atoms with Crippen molar-refractivity contribution >= 4 is 17.7 Å². The molecule has 2 nitrogen and oxygen atoms in total. The van der Waals surface area contributed by atoms with E-state index >= 15 is 0 Å². The zero-order valence-corrected chi connectivity index (χ0v) is 9.19. The van der Waals surface area contributed by atoms with E-state index in [1.165, 1.54) is 19.3 Å². The monoisotopic (exact) mass is 202 g/mol. The van der Waals surface area contributed by atoms with Crippen molar-refractivity contribution in [3.63, 3.8) is 0 Å². The first-order valence-electron chi connectivity index (χ1n) is 4.66. The van der Waals surface area contributed by atoms with Gasteiger partial charge in [-0.05, 0) is 19.1 Å². The van der Waals surface area contributed by atoms with Gasteiger partial charge in [-0.15, -0.1) is 0 Å². The number of thioether (sulfide) groups is 1. The van der Waals surface area contributed by atoms with E-state index in [1.807, 2.05) is 0 Å². The van der Waals surface area contributed by atoms with Crippen molar-refractivity contribution in [1.82, 2.24) is 0 Å². The lowest BCUT2D eigenvalue weighted by Gasteiger charge is -1.97. The molecule has 0 saturated heterocycles. The van der Waals surface area contributed by atoms with Crippen molar-refractivity contribution in [3.8, 4) is 0 Å². The molecule has 76 valence electrons. The molecule has 0 aliphatic carbocycles. The summed E-state index contributed by atoms with van der Waals surface area (Å²) >= 11 is 1.80. The fourth-order valence-corrected chi connectivity index (χ4v) is 1.75. The van der Waals surface area contributed by atoms with E-state index in [2.05, 4.69) is 6.92 Å². The summed E-state index contributed by atoms with van der Waals surface area (Å²) in [6.07, 6.45) is 5.53. The summed E-state index contributed by atoms with van der Waals surface area (Å²) in [6.45, 7) is 3.81. The second kappa shape index (κ2) is 8.17. The molecule has 0 aliphatic rings. The third-order valence-corrected chi connectivity index (χ3v) is 2.72. The van der Waals surface area contributed by atoms with Crippen LogP contribution >= 0.6 is 11.8 Å². The van der Waals surface area contributed by atoms with Gasteiger partial charge in [0, 0.05) is 11.3 Å². The van der Waals surface area contributed by atoms with E-state index in [0.29, 0.717) is 5.57 Å². The Hall–Kier alpha value is -0.440. The predicted molar refractivity (Wildman–Crippen MR) is 58.2 cm³/mol. The molecule has 0 radical (unpaired) electrons. The molecule has 0 amide bonds. The van der Waals surface area contributed by atoms with E-state index < -0.39 is 5.97 Å². The summed E-state index contributed by atoms with van der Waals surface area (Å²) in [5.74, 6) is 1.15. The number of hydrogen-bond acceptors (Lipinski definition) is 2. The van der Waals surface area contributed by atoms with Gasteiger partial charge in [0.1, 0.15) is 0 Å². The van der Waals surface area contributed by atoms with Crippen molar-refractivity contribution in [3.05, 3.63) is 11.6 Å². The van der Waals surface area contributed by atoms with E-state index in [-0.39, 0.29) is 0 Å². The van der Waals surface area contributed by atoms with Crippen LogP contribution in [-0.2, 0) is 4.79 Å². The topological polar surface area (TPSA) is 37.3 Å². The summed E-state index contributed by atoms with van der Waals surface area (Å²) in [5.41, 5.74) is 0.447. The molecule has 1 N–H and O–H groups in total. The van der Waals surface area contributed by atoms with Crippen molar-refractivity contribution < 1.29 is 9.90 Å². The fraction of sp³-hybridized carbons (Fsp3) is 0.700. The molecule has 0 fully saturated rings. The Balaban J connectivity index is 3.34. The zero-order chi connectivity index (χ0) is 10.1. The third kappa shape index (κ3) is 7.91. The normalized spacial score (nSPS) is 11.7. The lowest BCUT2D eigenvalue weighted by molar-refractivity contribution is -0.132. The first-order valence-corrected chi connectivity index (χ1v) is 5.81. The number of carboxylic acid groups (broad SMARTS) is 1. The van der Waals surface area contributed by atoms with E-state index in [1.54, 1.807) is 24.8 Å². The lowest BCUT2D eigenvalue weighted by Crippen LogP contribution is -1.96. The molecule has 0 saturated carbocycles. The Morgan fingerprint density at radius 3 is 2.69 bits per heavy atom. The minimum atomic E-state index is -0.811. The van der Waals surface area contributed by atoms with Crippen molar-refractivity contribution in [2.75, 3.05) is 11.5 Å². The second-order valence-corrected chi connectivity index (χ2v) is 4.12. The average molecular weight is 202 g/mol. The van der Waals surface area contributed by atoms with Crippen LogP contribution in [-0.4, -0.2) is 22.6 Å². The maximum absolute atomic E-state index is 10.4. The molecular formula is C10H18O2S. The lowest BCUT2D eigenvalue weighted by atomic mass is 10.3. The van der Waals surface area contributed by atoms with Gasteiger partial charge in [0.2, 0.25) is 0 Å². The quantitative estimate of drug-likeness (QED) is 0.509. The largest absolute Gasteiger partial charge is 0.478 e. The average Bonchev–Trinajstić information content (AvgIpc) is 2.10. The number of rotatable bonds is 7. The molecular weight excluding hydrogens is 184 g/mol. The number of hydrogen-bond donors (Lipinski definition) is 1. The summed E-state index contributed by atoms with van der Waals surface area (Å²) < 4.78 is 0. The van der Waals surface area contributed by atoms with Crippen molar-refractivity contribution in [1.29, 1.82) is 0 Å². The fourth-order valence-electron chi connectivity index (χ4n) is 0.809. The van der Waals surface area contributed by atoms with Crippen LogP contribution in [0.5, 0.6) is 0 Å². The Labute approximate surface area is 84.4 Å². The first-order chi connectivity index (χ1) is 6.18. The van der Waals surface area contributed by atoms with Gasteiger partial charge in [0.15, 0.2) is 0 Å². The van der Waals surface area contributed by atoms with Crippen LogP contribution in [0.2, 0.25) is 0 Å². The Morgan fingerprint density at radius 1 is 1.46 bits per heavy atom. The number of carbonyl (C=O) groups is 1. The molecule has 0 spiro atoms. The summed E-state index contributed by atoms with van der Waals surface area (Å²) in [4.78, 5) is 10.4. The minimum absolute atomic E-state index is 0.447. The number of carboxylic acids is 1. The maximum Gasteiger partial charge on any atom is 0.330 e. The van der Waals surface area contributed by atoms with Gasteiger partial charge in [0.25, 0.3) is 0 Å². The van der Waals surface area contributed by atoms with Crippen LogP contribution in [0, 0.1) is 0 Å². The van der Waals surface area contributed by atoms with E-state index in [9.17, 15) is 4.79 Å². The van der Waals surface area contributed by atoms with Gasteiger partial charge in [0.05, 0.1) is 0 Å². The standard InChI is InChI=1S/C10H18O2S/c1-3-4-5-7-13-8-6-9(2)10(11)12/h6H,3-5,7-8H2,1-2H3,(H,11,12)/b9-6-. The van der Waals surface area contributed by atoms with Gasteiger partial charge >= 0.3 is 5.97 Å². The van der Waals surface area contributed by atoms with E-state index in [0.717, 1.165) is 11.5 Å². The van der Waals surface area contributed by atoms with Crippen LogP contribution in [0.25, 0.3) is 0 Å². The minimum Gasteiger partial charge on any atom is -0.478 e. The molecule has 0 heterocycles. The van der Waals surface area contributed by atoms with Gasteiger partial charge in [-0.3, -0.25) is 0 Å². The molecule has 0 aliphatic heterocycles. The Bertz CT molecular complexity index is 176. The highest BCUT2D eigenvalue weighted by Gasteiger charge is 1.97. The van der Waals surface area contributed by atoms with Crippen LogP contribution in [0.1, 0.15) is 33.1 Å². The van der Waals surface area contributed by atoms with Crippen LogP contribution in [0.4, 0.5) is 0 Å². The van der Waals surface area contributed by atoms with Crippen LogP contribution < -0.4 is 0 Å². The van der Waals surface area contributed by atoms with Crippen molar-refractivity contribution in [2.45, 2.75) is 33.1 Å². The Kier molecular flexibility index (Phi) is 7.90. The third-order valence-electron chi connectivity index (χ3n) is 1.74. The number of aliphatic carboxylic acids is 1. The predicted octanol–water partition coefficient (Wildman–Crippen LogP) is 2.94.